The maximum Gasteiger partial charge on any atom is 0.223 e. The highest BCUT2D eigenvalue weighted by Crippen LogP contribution is 2.27. The monoisotopic (exact) mass is 297 g/mol. The minimum atomic E-state index is -0.108. The molecule has 1 aliphatic rings. The van der Waals surface area contributed by atoms with E-state index in [1.54, 1.807) is 12.1 Å². The van der Waals surface area contributed by atoms with Gasteiger partial charge >= 0.3 is 0 Å². The third-order valence-corrected chi connectivity index (χ3v) is 3.99. The molecule has 0 bridgehead atoms. The lowest BCUT2D eigenvalue weighted by molar-refractivity contribution is -0.125. The van der Waals surface area contributed by atoms with Gasteiger partial charge in [0.1, 0.15) is 0 Å². The zero-order valence-electron chi connectivity index (χ0n) is 10.8. The number of hydrogen-bond acceptors (Lipinski definition) is 1. The quantitative estimate of drug-likeness (QED) is 0.816. The number of hydrogen-bond donors (Lipinski definition) is 1. The zero-order valence-corrected chi connectivity index (χ0v) is 12.3. The van der Waals surface area contributed by atoms with Crippen LogP contribution in [0, 0.1) is 5.92 Å². The van der Waals surface area contributed by atoms with E-state index in [0.29, 0.717) is 10.0 Å². The van der Waals surface area contributed by atoms with Gasteiger partial charge in [0.15, 0.2) is 0 Å². The van der Waals surface area contributed by atoms with Gasteiger partial charge in [-0.05, 0) is 43.9 Å². The summed E-state index contributed by atoms with van der Waals surface area (Å²) in [6.45, 7) is 1.94. The molecule has 0 saturated heterocycles. The van der Waals surface area contributed by atoms with Gasteiger partial charge in [-0.25, -0.2) is 0 Å². The summed E-state index contributed by atoms with van der Waals surface area (Å²) in [5.41, 5.74) is 0.894. The summed E-state index contributed by atoms with van der Waals surface area (Å²) in [4.78, 5) is 12.1. The third-order valence-electron chi connectivity index (χ3n) is 3.43. The van der Waals surface area contributed by atoms with Crippen LogP contribution >= 0.6 is 23.2 Å². The Morgan fingerprint density at radius 3 is 2.79 bits per heavy atom. The average molecular weight is 298 g/mol. The second-order valence-electron chi connectivity index (χ2n) is 4.88. The molecule has 1 amide bonds. The topological polar surface area (TPSA) is 29.1 Å². The number of nitrogens with one attached hydrogen (secondary N) is 1. The summed E-state index contributed by atoms with van der Waals surface area (Å²) < 4.78 is 0. The first-order chi connectivity index (χ1) is 9.08. The summed E-state index contributed by atoms with van der Waals surface area (Å²) >= 11 is 12.0. The van der Waals surface area contributed by atoms with Gasteiger partial charge in [-0.2, -0.15) is 0 Å². The third kappa shape index (κ3) is 3.74. The molecule has 1 N–H and O–H groups in total. The molecule has 2 nitrogen and oxygen atoms in total. The summed E-state index contributed by atoms with van der Waals surface area (Å²) in [5, 5.41) is 4.21. The van der Waals surface area contributed by atoms with E-state index in [1.807, 2.05) is 13.0 Å². The Hall–Kier alpha value is -0.990. The Morgan fingerprint density at radius 2 is 2.16 bits per heavy atom. The molecule has 0 fully saturated rings. The van der Waals surface area contributed by atoms with E-state index < -0.39 is 0 Å². The summed E-state index contributed by atoms with van der Waals surface area (Å²) in [6, 6.07) is 5.23. The average Bonchev–Trinajstić information content (AvgIpc) is 2.39. The molecule has 1 aliphatic carbocycles. The fraction of sp³-hybridized carbons (Fsp3) is 0.400. The molecule has 0 unspecified atom stereocenters. The molecule has 102 valence electrons. The van der Waals surface area contributed by atoms with Crippen LogP contribution in [0.1, 0.15) is 37.8 Å². The Labute approximate surface area is 123 Å². The smallest absolute Gasteiger partial charge is 0.223 e. The summed E-state index contributed by atoms with van der Waals surface area (Å²) in [6.07, 6.45) is 6.93. The number of carbonyl (C=O) groups is 1. The van der Waals surface area contributed by atoms with Crippen molar-refractivity contribution in [2.45, 2.75) is 32.2 Å². The van der Waals surface area contributed by atoms with Crippen LogP contribution in [-0.2, 0) is 4.79 Å². The zero-order chi connectivity index (χ0) is 13.8. The number of amides is 1. The van der Waals surface area contributed by atoms with Crippen LogP contribution in [0.5, 0.6) is 0 Å². The van der Waals surface area contributed by atoms with E-state index in [4.69, 9.17) is 23.2 Å². The molecule has 0 spiro atoms. The minimum Gasteiger partial charge on any atom is -0.349 e. The maximum absolute atomic E-state index is 12.1. The van der Waals surface area contributed by atoms with Crippen LogP contribution in [0.15, 0.2) is 30.4 Å². The SMILES string of the molecule is C[C@H](NC(=O)[C@H]1CC=CCC1)c1ccc(Cl)cc1Cl. The summed E-state index contributed by atoms with van der Waals surface area (Å²) in [7, 11) is 0. The lowest BCUT2D eigenvalue weighted by Crippen LogP contribution is -2.33. The van der Waals surface area contributed by atoms with E-state index in [2.05, 4.69) is 17.5 Å². The molecule has 0 heterocycles. The maximum atomic E-state index is 12.1. The number of carbonyl (C=O) groups excluding carboxylic acids is 1. The van der Waals surface area contributed by atoms with Gasteiger partial charge in [-0.1, -0.05) is 41.4 Å². The van der Waals surface area contributed by atoms with Gasteiger partial charge in [-0.15, -0.1) is 0 Å². The van der Waals surface area contributed by atoms with E-state index in [-0.39, 0.29) is 17.9 Å². The van der Waals surface area contributed by atoms with Gasteiger partial charge < -0.3 is 5.32 Å². The van der Waals surface area contributed by atoms with Crippen molar-refractivity contribution >= 4 is 29.1 Å². The van der Waals surface area contributed by atoms with Gasteiger partial charge in [0, 0.05) is 16.0 Å². The van der Waals surface area contributed by atoms with Crippen molar-refractivity contribution in [1.82, 2.24) is 5.32 Å². The second-order valence-corrected chi connectivity index (χ2v) is 5.72. The lowest BCUT2D eigenvalue weighted by atomic mass is 9.93. The van der Waals surface area contributed by atoms with Crippen molar-refractivity contribution < 1.29 is 4.79 Å². The van der Waals surface area contributed by atoms with Crippen LogP contribution in [0.4, 0.5) is 0 Å². The number of rotatable bonds is 3. The molecule has 2 rings (SSSR count). The van der Waals surface area contributed by atoms with Gasteiger partial charge in [-0.3, -0.25) is 4.79 Å². The molecular weight excluding hydrogens is 281 g/mol. The van der Waals surface area contributed by atoms with Gasteiger partial charge in [0.2, 0.25) is 5.91 Å². The first kappa shape index (κ1) is 14.4. The molecule has 2 atom stereocenters. The largest absolute Gasteiger partial charge is 0.349 e. The van der Waals surface area contributed by atoms with Crippen LogP contribution < -0.4 is 5.32 Å². The van der Waals surface area contributed by atoms with Crippen LogP contribution in [0.25, 0.3) is 0 Å². The number of halogens is 2. The second kappa shape index (κ2) is 6.44. The Bertz CT molecular complexity index is 499. The molecule has 0 saturated carbocycles. The predicted molar refractivity (Wildman–Crippen MR) is 79.5 cm³/mol. The highest BCUT2D eigenvalue weighted by atomic mass is 35.5. The van der Waals surface area contributed by atoms with Crippen LogP contribution in [-0.4, -0.2) is 5.91 Å². The molecule has 0 aromatic heterocycles. The molecule has 4 heteroatoms. The Balaban J connectivity index is 2.02. The van der Waals surface area contributed by atoms with E-state index in [1.165, 1.54) is 0 Å². The van der Waals surface area contributed by atoms with Crippen LogP contribution in [0.3, 0.4) is 0 Å². The molecule has 1 aromatic carbocycles. The Kier molecular flexibility index (Phi) is 4.89. The molecule has 0 radical (unpaired) electrons. The van der Waals surface area contributed by atoms with Crippen molar-refractivity contribution in [3.8, 4) is 0 Å². The molecule has 19 heavy (non-hydrogen) atoms. The molecular formula is C15H17Cl2NO. The first-order valence-corrected chi connectivity index (χ1v) is 7.24. The van der Waals surface area contributed by atoms with Crippen molar-refractivity contribution in [3.63, 3.8) is 0 Å². The predicted octanol–water partition coefficient (Wildman–Crippen LogP) is 4.53. The normalized spacial score (nSPS) is 20.1. The number of benzene rings is 1. The van der Waals surface area contributed by atoms with Gasteiger partial charge in [0.05, 0.1) is 6.04 Å². The summed E-state index contributed by atoms with van der Waals surface area (Å²) in [5.74, 6) is 0.182. The van der Waals surface area contributed by atoms with E-state index in [0.717, 1.165) is 24.8 Å². The fourth-order valence-corrected chi connectivity index (χ4v) is 2.87. The standard InChI is InChI=1S/C15H17Cl2NO/c1-10(13-8-7-12(16)9-14(13)17)18-15(19)11-5-3-2-4-6-11/h2-3,7-11H,4-6H2,1H3,(H,18,19)/t10-,11-/m0/s1. The van der Waals surface area contributed by atoms with Crippen molar-refractivity contribution in [3.05, 3.63) is 46.0 Å². The highest BCUT2D eigenvalue weighted by molar-refractivity contribution is 6.35. The first-order valence-electron chi connectivity index (χ1n) is 6.48. The number of allylic oxidation sites excluding steroid dienone is 2. The van der Waals surface area contributed by atoms with Crippen molar-refractivity contribution in [2.75, 3.05) is 0 Å². The van der Waals surface area contributed by atoms with Crippen molar-refractivity contribution in [2.24, 2.45) is 5.92 Å². The Morgan fingerprint density at radius 1 is 1.37 bits per heavy atom. The molecule has 0 aliphatic heterocycles. The highest BCUT2D eigenvalue weighted by Gasteiger charge is 2.21. The van der Waals surface area contributed by atoms with Crippen LogP contribution in [0.2, 0.25) is 10.0 Å². The van der Waals surface area contributed by atoms with Gasteiger partial charge in [0.25, 0.3) is 0 Å². The molecule has 1 aromatic rings. The lowest BCUT2D eigenvalue weighted by Gasteiger charge is -2.21. The minimum absolute atomic E-state index is 0.0820. The van der Waals surface area contributed by atoms with E-state index in [9.17, 15) is 4.79 Å². The van der Waals surface area contributed by atoms with Crippen molar-refractivity contribution in [1.29, 1.82) is 0 Å². The fourth-order valence-electron chi connectivity index (χ4n) is 2.29. The van der Waals surface area contributed by atoms with E-state index >= 15 is 0 Å².